The number of ether oxygens (including phenoxy) is 2. The highest BCUT2D eigenvalue weighted by Gasteiger charge is 2.49. The fourth-order valence-corrected chi connectivity index (χ4v) is 8.58. The number of carbonyl (C=O) groups is 1. The Bertz CT molecular complexity index is 1370. The number of nitrogens with zero attached hydrogens (tertiary/aromatic N) is 1. The number of hydrogen-bond acceptors (Lipinski definition) is 5. The van der Waals surface area contributed by atoms with E-state index >= 15 is 0 Å². The van der Waals surface area contributed by atoms with Crippen LogP contribution in [0.3, 0.4) is 0 Å². The standard InChI is InChI=1S/C35H47ClN2O4S/c1-6-10-24-18-27(36)13-14-29(24)26-20-38-21-30-23(3)17-31(30)35(4,41-5)16-9-8-11-28(7-2)43(40)37-34(39)25-12-15-33(42-22-26)32(38)19-25/h9,12-16,18-19,23,26,28,30-31H,6-8,10-11,17,20-22H2,1-5H3,(H,37,39)/b16-9+/t23?,26?,28?,30?,31?,35-,43?/m0/s1. The van der Waals surface area contributed by atoms with Gasteiger partial charge in [0.1, 0.15) is 16.7 Å². The molecule has 1 amide bonds. The first-order valence-corrected chi connectivity index (χ1v) is 17.5. The lowest BCUT2D eigenvalue weighted by Crippen LogP contribution is -2.53. The van der Waals surface area contributed by atoms with Gasteiger partial charge in [0.25, 0.3) is 5.91 Å². The average Bonchev–Trinajstić information content (AvgIpc) is 3.17. The molecule has 5 rings (SSSR count). The molecule has 0 saturated heterocycles. The summed E-state index contributed by atoms with van der Waals surface area (Å²) >= 11 is 6.43. The van der Waals surface area contributed by atoms with Gasteiger partial charge in [0.15, 0.2) is 0 Å². The van der Waals surface area contributed by atoms with Crippen molar-refractivity contribution < 1.29 is 18.5 Å². The number of hydrogen-bond donors (Lipinski definition) is 1. The zero-order valence-corrected chi connectivity index (χ0v) is 27.8. The Labute approximate surface area is 265 Å². The summed E-state index contributed by atoms with van der Waals surface area (Å²) in [6, 6.07) is 11.9. The van der Waals surface area contributed by atoms with Gasteiger partial charge < -0.3 is 14.4 Å². The first-order valence-electron chi connectivity index (χ1n) is 15.9. The Morgan fingerprint density at radius 3 is 2.72 bits per heavy atom. The molecule has 234 valence electrons. The number of methoxy groups -OCH3 is 1. The minimum Gasteiger partial charge on any atom is -0.491 e. The summed E-state index contributed by atoms with van der Waals surface area (Å²) in [5.74, 6) is 1.90. The predicted molar refractivity (Wildman–Crippen MR) is 177 cm³/mol. The third-order valence-electron chi connectivity index (χ3n) is 10.0. The van der Waals surface area contributed by atoms with Crippen LogP contribution in [-0.4, -0.2) is 47.8 Å². The van der Waals surface area contributed by atoms with E-state index in [0.29, 0.717) is 29.9 Å². The van der Waals surface area contributed by atoms with Gasteiger partial charge in [-0.1, -0.05) is 57.0 Å². The van der Waals surface area contributed by atoms with Crippen molar-refractivity contribution >= 4 is 34.2 Å². The summed E-state index contributed by atoms with van der Waals surface area (Å²) in [6.07, 6.45) is 9.75. The molecule has 7 atom stereocenters. The number of allylic oxidation sites excluding steroid dienone is 1. The van der Waals surface area contributed by atoms with Crippen molar-refractivity contribution in [3.63, 3.8) is 0 Å². The average molecular weight is 627 g/mol. The van der Waals surface area contributed by atoms with Crippen molar-refractivity contribution in [2.75, 3.05) is 31.7 Å². The van der Waals surface area contributed by atoms with Crippen LogP contribution >= 0.6 is 11.6 Å². The maximum Gasteiger partial charge on any atom is 0.263 e. The fraction of sp³-hybridized carbons (Fsp3) is 0.571. The van der Waals surface area contributed by atoms with E-state index < -0.39 is 11.0 Å². The van der Waals surface area contributed by atoms with E-state index in [1.54, 1.807) is 6.07 Å². The van der Waals surface area contributed by atoms with Crippen LogP contribution in [0.15, 0.2) is 48.6 Å². The molecule has 2 bridgehead atoms. The highest BCUT2D eigenvalue weighted by molar-refractivity contribution is 7.84. The van der Waals surface area contributed by atoms with Gasteiger partial charge in [0, 0.05) is 36.7 Å². The number of anilines is 1. The maximum absolute atomic E-state index is 13.4. The third kappa shape index (κ3) is 6.84. The number of carbonyl (C=O) groups excluding carboxylic acids is 1. The lowest BCUT2D eigenvalue weighted by Gasteiger charge is -2.52. The Morgan fingerprint density at radius 1 is 1.19 bits per heavy atom. The largest absolute Gasteiger partial charge is 0.491 e. The van der Waals surface area contributed by atoms with Crippen LogP contribution in [0.2, 0.25) is 5.02 Å². The van der Waals surface area contributed by atoms with E-state index in [9.17, 15) is 9.00 Å². The molecule has 6 unspecified atom stereocenters. The first-order chi connectivity index (χ1) is 20.7. The smallest absolute Gasteiger partial charge is 0.263 e. The Hall–Kier alpha value is -2.35. The van der Waals surface area contributed by atoms with Crippen molar-refractivity contribution in [1.29, 1.82) is 0 Å². The van der Waals surface area contributed by atoms with Crippen LogP contribution in [0.4, 0.5) is 5.69 Å². The van der Waals surface area contributed by atoms with Crippen LogP contribution in [-0.2, 0) is 22.1 Å². The quantitative estimate of drug-likeness (QED) is 0.349. The highest BCUT2D eigenvalue weighted by atomic mass is 35.5. The molecule has 1 N–H and O–H groups in total. The van der Waals surface area contributed by atoms with Gasteiger partial charge in [-0.25, -0.2) is 4.21 Å². The second-order valence-corrected chi connectivity index (χ2v) is 14.7. The normalized spacial score (nSPS) is 32.0. The topological polar surface area (TPSA) is 67.9 Å². The number of halogens is 1. The molecule has 2 aromatic rings. The van der Waals surface area contributed by atoms with Crippen LogP contribution in [0, 0.1) is 17.8 Å². The molecule has 1 fully saturated rings. The molecule has 2 heterocycles. The lowest BCUT2D eigenvalue weighted by molar-refractivity contribution is -0.0875. The molecule has 1 saturated carbocycles. The van der Waals surface area contributed by atoms with Gasteiger partial charge in [-0.05, 0) is 98.2 Å². The van der Waals surface area contributed by atoms with Gasteiger partial charge in [-0.15, -0.1) is 0 Å². The van der Waals surface area contributed by atoms with E-state index in [4.69, 9.17) is 21.1 Å². The molecule has 43 heavy (non-hydrogen) atoms. The van der Waals surface area contributed by atoms with Crippen molar-refractivity contribution in [3.8, 4) is 5.75 Å². The molecular formula is C35H47ClN2O4S. The summed E-state index contributed by atoms with van der Waals surface area (Å²) in [4.78, 5) is 15.8. The van der Waals surface area contributed by atoms with E-state index in [-0.39, 0.29) is 22.7 Å². The number of nitrogens with one attached hydrogen (secondary N) is 1. The molecular weight excluding hydrogens is 580 g/mol. The Balaban J connectivity index is 1.57. The SMILES string of the molecule is CCCc1cc(Cl)ccc1C1COc2ccc3cc2N(C1)CC1C(C)CC1[C@@](C)(OC)/C=C/CCC(CC)S(=O)NC3=O. The molecule has 2 aliphatic heterocycles. The van der Waals surface area contributed by atoms with E-state index in [0.717, 1.165) is 68.1 Å². The maximum atomic E-state index is 13.4. The minimum atomic E-state index is -1.48. The summed E-state index contributed by atoms with van der Waals surface area (Å²) in [6.45, 7) is 10.9. The molecule has 0 radical (unpaired) electrons. The molecule has 2 aromatic carbocycles. The van der Waals surface area contributed by atoms with Crippen molar-refractivity contribution in [3.05, 3.63) is 70.3 Å². The fourth-order valence-electron chi connectivity index (χ4n) is 7.26. The second-order valence-electron chi connectivity index (χ2n) is 12.8. The van der Waals surface area contributed by atoms with Gasteiger partial charge in [0.2, 0.25) is 0 Å². The van der Waals surface area contributed by atoms with Gasteiger partial charge in [0.05, 0.1) is 23.1 Å². The predicted octanol–water partition coefficient (Wildman–Crippen LogP) is 7.47. The number of rotatable bonds is 5. The number of fused-ring (bicyclic) bond motifs is 2. The summed E-state index contributed by atoms with van der Waals surface area (Å²) in [5, 5.41) is 0.635. The summed E-state index contributed by atoms with van der Waals surface area (Å²) in [7, 11) is 0.334. The Morgan fingerprint density at radius 2 is 2.00 bits per heavy atom. The summed E-state index contributed by atoms with van der Waals surface area (Å²) in [5.41, 5.74) is 3.56. The molecule has 0 aromatic heterocycles. The van der Waals surface area contributed by atoms with Crippen molar-refractivity contribution in [1.82, 2.24) is 4.72 Å². The number of amides is 1. The zero-order valence-electron chi connectivity index (χ0n) is 26.2. The van der Waals surface area contributed by atoms with Crippen LogP contribution in [0.25, 0.3) is 0 Å². The molecule has 0 spiro atoms. The first kappa shape index (κ1) is 32.1. The van der Waals surface area contributed by atoms with Gasteiger partial charge in [-0.2, -0.15) is 0 Å². The summed E-state index contributed by atoms with van der Waals surface area (Å²) < 4.78 is 28.7. The zero-order chi connectivity index (χ0) is 30.7. The molecule has 6 nitrogen and oxygen atoms in total. The number of aryl methyl sites for hydroxylation is 1. The van der Waals surface area contributed by atoms with Gasteiger partial charge >= 0.3 is 0 Å². The van der Waals surface area contributed by atoms with Gasteiger partial charge in [-0.3, -0.25) is 9.52 Å². The van der Waals surface area contributed by atoms with Crippen LogP contribution in [0.1, 0.15) is 87.2 Å². The van der Waals surface area contributed by atoms with Crippen LogP contribution in [0.5, 0.6) is 5.75 Å². The second kappa shape index (κ2) is 13.7. The van der Waals surface area contributed by atoms with E-state index in [1.807, 2.05) is 32.2 Å². The number of benzene rings is 2. The molecule has 1 aliphatic carbocycles. The highest BCUT2D eigenvalue weighted by Crippen LogP contribution is 2.50. The van der Waals surface area contributed by atoms with E-state index in [1.165, 1.54) is 11.1 Å². The van der Waals surface area contributed by atoms with E-state index in [2.05, 4.69) is 54.7 Å². The lowest BCUT2D eigenvalue weighted by atomic mass is 9.59. The van der Waals surface area contributed by atoms with Crippen LogP contribution < -0.4 is 14.4 Å². The minimum absolute atomic E-state index is 0.120. The third-order valence-corrected chi connectivity index (χ3v) is 11.8. The van der Waals surface area contributed by atoms with Crippen molar-refractivity contribution in [2.24, 2.45) is 17.8 Å². The molecule has 3 aliphatic rings. The van der Waals surface area contributed by atoms with Crippen molar-refractivity contribution in [2.45, 2.75) is 83.0 Å². The Kier molecular flexibility index (Phi) is 10.2. The monoisotopic (exact) mass is 626 g/mol. The molecule has 8 heteroatoms.